The molecule has 1 nitrogen and oxygen atoms in total. The topological polar surface area (TPSA) is 9.23 Å². The van der Waals surface area contributed by atoms with E-state index < -0.39 is 0 Å². The zero-order chi connectivity index (χ0) is 18.2. The van der Waals surface area contributed by atoms with Gasteiger partial charge >= 0.3 is 0 Å². The summed E-state index contributed by atoms with van der Waals surface area (Å²) in [5.74, 6) is 3.47. The quantitative estimate of drug-likeness (QED) is 0.481. The molecule has 2 aliphatic carbocycles. The number of allylic oxidation sites excluding steroid dienone is 1. The van der Waals surface area contributed by atoms with Gasteiger partial charge in [0.2, 0.25) is 0 Å². The van der Waals surface area contributed by atoms with Crippen LogP contribution in [0.5, 0.6) is 0 Å². The van der Waals surface area contributed by atoms with Crippen LogP contribution in [0, 0.1) is 17.8 Å². The highest BCUT2D eigenvalue weighted by molar-refractivity contribution is 6.25. The Balaban J connectivity index is 1.36. The zero-order valence-corrected chi connectivity index (χ0v) is 17.1. The molecule has 144 valence electrons. The lowest BCUT2D eigenvalue weighted by Crippen LogP contribution is -2.17. The van der Waals surface area contributed by atoms with Crippen molar-refractivity contribution in [2.24, 2.45) is 17.8 Å². The Morgan fingerprint density at radius 1 is 0.885 bits per heavy atom. The summed E-state index contributed by atoms with van der Waals surface area (Å²) in [6.45, 7) is 0.719. The summed E-state index contributed by atoms with van der Waals surface area (Å²) in [5.41, 5.74) is 4.53. The van der Waals surface area contributed by atoms with Crippen LogP contribution in [-0.4, -0.2) is 7.11 Å². The second kappa shape index (κ2) is 10.5. The number of ether oxygens (including phenoxy) is 1. The van der Waals surface area contributed by atoms with E-state index in [9.17, 15) is 0 Å². The molecule has 0 amide bonds. The van der Waals surface area contributed by atoms with Crippen molar-refractivity contribution in [3.8, 4) is 0 Å². The Hall–Kier alpha value is -0.790. The lowest BCUT2D eigenvalue weighted by atomic mass is 9.74. The van der Waals surface area contributed by atoms with Gasteiger partial charge in [0, 0.05) is 12.6 Å². The van der Waals surface area contributed by atoms with Crippen LogP contribution in [0.1, 0.15) is 81.3 Å². The third kappa shape index (κ3) is 5.86. The highest BCUT2D eigenvalue weighted by Crippen LogP contribution is 2.40. The van der Waals surface area contributed by atoms with Crippen molar-refractivity contribution in [1.82, 2.24) is 0 Å². The summed E-state index contributed by atoms with van der Waals surface area (Å²) >= 11 is 5.73. The van der Waals surface area contributed by atoms with Crippen molar-refractivity contribution in [2.45, 2.75) is 76.7 Å². The molecule has 0 radical (unpaired) electrons. The van der Waals surface area contributed by atoms with Crippen molar-refractivity contribution in [2.75, 3.05) is 7.11 Å². The van der Waals surface area contributed by atoms with Gasteiger partial charge in [-0.05, 0) is 86.2 Å². The molecule has 3 rings (SSSR count). The number of benzene rings is 1. The minimum absolute atomic E-state index is 0.719. The summed E-state index contributed by atoms with van der Waals surface area (Å²) in [4.78, 5) is 0. The third-order valence-corrected chi connectivity index (χ3v) is 6.97. The number of halogens is 1. The van der Waals surface area contributed by atoms with E-state index in [0.717, 1.165) is 30.3 Å². The molecule has 0 heterocycles. The largest absolute Gasteiger partial charge is 0.380 e. The third-order valence-electron chi connectivity index (χ3n) is 6.83. The Labute approximate surface area is 165 Å². The summed E-state index contributed by atoms with van der Waals surface area (Å²) in [5, 5.41) is 0. The average Bonchev–Trinajstić information content (AvgIpc) is 2.69. The van der Waals surface area contributed by atoms with Gasteiger partial charge in [0.25, 0.3) is 0 Å². The van der Waals surface area contributed by atoms with Crippen LogP contribution in [0.15, 0.2) is 35.9 Å². The maximum absolute atomic E-state index is 5.73. The summed E-state index contributed by atoms with van der Waals surface area (Å²) in [7, 11) is 1.76. The normalized spacial score (nSPS) is 29.9. The van der Waals surface area contributed by atoms with Crippen LogP contribution in [0.3, 0.4) is 0 Å². The molecule has 0 aromatic heterocycles. The van der Waals surface area contributed by atoms with Crippen LogP contribution in [-0.2, 0) is 11.3 Å². The van der Waals surface area contributed by atoms with Crippen LogP contribution in [0.4, 0.5) is 0 Å². The van der Waals surface area contributed by atoms with E-state index in [1.54, 1.807) is 12.6 Å². The lowest BCUT2D eigenvalue weighted by molar-refractivity contribution is 0.185. The predicted molar refractivity (Wildman–Crippen MR) is 112 cm³/mol. The first-order valence-electron chi connectivity index (χ1n) is 10.6. The summed E-state index contributed by atoms with van der Waals surface area (Å²) in [6.07, 6.45) is 16.2. The number of rotatable bonds is 7. The van der Waals surface area contributed by atoms with Gasteiger partial charge in [0.1, 0.15) is 0 Å². The number of hydrogen-bond acceptors (Lipinski definition) is 1. The average molecular weight is 375 g/mol. The minimum atomic E-state index is 0.719. The van der Waals surface area contributed by atoms with Gasteiger partial charge in [-0.25, -0.2) is 0 Å². The smallest absolute Gasteiger partial charge is 0.0713 e. The maximum atomic E-state index is 5.73. The Morgan fingerprint density at radius 2 is 1.46 bits per heavy atom. The maximum Gasteiger partial charge on any atom is 0.0713 e. The highest BCUT2D eigenvalue weighted by atomic mass is 35.5. The van der Waals surface area contributed by atoms with Gasteiger partial charge in [-0.2, -0.15) is 0 Å². The highest BCUT2D eigenvalue weighted by Gasteiger charge is 2.24. The predicted octanol–water partition coefficient (Wildman–Crippen LogP) is 7.45. The second-order valence-corrected chi connectivity index (χ2v) is 8.82. The van der Waals surface area contributed by atoms with E-state index in [1.165, 1.54) is 75.3 Å². The molecule has 1 aromatic carbocycles. The molecule has 0 bridgehead atoms. The van der Waals surface area contributed by atoms with E-state index in [0.29, 0.717) is 0 Å². The van der Waals surface area contributed by atoms with Gasteiger partial charge < -0.3 is 4.74 Å². The van der Waals surface area contributed by atoms with Crippen LogP contribution < -0.4 is 0 Å². The molecule has 2 fully saturated rings. The molecule has 0 unspecified atom stereocenters. The Kier molecular flexibility index (Phi) is 8.08. The minimum Gasteiger partial charge on any atom is -0.380 e. The Morgan fingerprint density at radius 3 is 2.00 bits per heavy atom. The number of methoxy groups -OCH3 is 1. The molecule has 0 spiro atoms. The van der Waals surface area contributed by atoms with E-state index in [2.05, 4.69) is 30.3 Å². The van der Waals surface area contributed by atoms with Gasteiger partial charge in [-0.1, -0.05) is 54.8 Å². The fraction of sp³-hybridized carbons (Fsp3) is 0.667. The molecule has 0 atom stereocenters. The first-order chi connectivity index (χ1) is 12.8. The second-order valence-electron chi connectivity index (χ2n) is 8.57. The SMILES string of the molecule is COCc1ccc(C2CCC(CC[C@H]3CC[C@H](/C=C/Cl)CC3)CC2)cc1. The van der Waals surface area contributed by atoms with E-state index in [1.807, 2.05) is 0 Å². The van der Waals surface area contributed by atoms with Gasteiger partial charge in [-0.15, -0.1) is 0 Å². The standard InChI is InChI=1S/C24H35ClO/c1-26-18-22-10-14-24(15-11-22)23-12-8-20(9-13-23)3-2-19-4-6-21(7-5-19)16-17-25/h10-11,14-17,19-21,23H,2-9,12-13,18H2,1H3/b17-16+/t19-,20?,21-,23?. The fourth-order valence-corrected chi connectivity index (χ4v) is 5.29. The van der Waals surface area contributed by atoms with Gasteiger partial charge in [0.05, 0.1) is 6.61 Å². The van der Waals surface area contributed by atoms with E-state index in [4.69, 9.17) is 16.3 Å². The van der Waals surface area contributed by atoms with Crippen LogP contribution in [0.25, 0.3) is 0 Å². The van der Waals surface area contributed by atoms with Crippen molar-refractivity contribution in [3.05, 3.63) is 47.0 Å². The lowest BCUT2D eigenvalue weighted by Gasteiger charge is -2.31. The van der Waals surface area contributed by atoms with Gasteiger partial charge in [0.15, 0.2) is 0 Å². The van der Waals surface area contributed by atoms with Gasteiger partial charge in [-0.3, -0.25) is 0 Å². The zero-order valence-electron chi connectivity index (χ0n) is 16.3. The van der Waals surface area contributed by atoms with E-state index in [-0.39, 0.29) is 0 Å². The van der Waals surface area contributed by atoms with Crippen molar-refractivity contribution in [1.29, 1.82) is 0 Å². The number of hydrogen-bond donors (Lipinski definition) is 0. The Bertz CT molecular complexity index is 534. The summed E-state index contributed by atoms with van der Waals surface area (Å²) in [6, 6.07) is 9.13. The molecule has 26 heavy (non-hydrogen) atoms. The fourth-order valence-electron chi connectivity index (χ4n) is 5.08. The molecule has 1 aromatic rings. The monoisotopic (exact) mass is 374 g/mol. The molecule has 2 aliphatic rings. The van der Waals surface area contributed by atoms with E-state index >= 15 is 0 Å². The molecular formula is C24H35ClO. The van der Waals surface area contributed by atoms with Crippen LogP contribution >= 0.6 is 11.6 Å². The van der Waals surface area contributed by atoms with Crippen LogP contribution in [0.2, 0.25) is 0 Å². The molecule has 0 N–H and O–H groups in total. The molecule has 2 heteroatoms. The molecular weight excluding hydrogens is 340 g/mol. The summed E-state index contributed by atoms with van der Waals surface area (Å²) < 4.78 is 5.21. The first-order valence-corrected chi connectivity index (χ1v) is 11.1. The first kappa shape index (κ1) is 20.0. The van der Waals surface area contributed by atoms with Crippen molar-refractivity contribution in [3.63, 3.8) is 0 Å². The molecule has 0 aliphatic heterocycles. The van der Waals surface area contributed by atoms with Crippen molar-refractivity contribution >= 4 is 11.6 Å². The molecule has 2 saturated carbocycles. The molecule has 0 saturated heterocycles. The van der Waals surface area contributed by atoms with Crippen molar-refractivity contribution < 1.29 is 4.74 Å².